The maximum absolute atomic E-state index is 12.2. The summed E-state index contributed by atoms with van der Waals surface area (Å²) in [6.07, 6.45) is -2.37. The van der Waals surface area contributed by atoms with Crippen LogP contribution in [0.2, 0.25) is 0 Å². The lowest BCUT2D eigenvalue weighted by Gasteiger charge is -2.32. The van der Waals surface area contributed by atoms with Crippen molar-refractivity contribution in [3.8, 4) is 5.75 Å². The molecule has 8 heteroatoms. The van der Waals surface area contributed by atoms with Crippen LogP contribution in [0.3, 0.4) is 0 Å². The monoisotopic (exact) mass is 381 g/mol. The van der Waals surface area contributed by atoms with Gasteiger partial charge in [-0.15, -0.1) is 13.2 Å². The summed E-state index contributed by atoms with van der Waals surface area (Å²) >= 11 is 3.05. The van der Waals surface area contributed by atoms with E-state index in [1.807, 2.05) is 4.90 Å². The predicted molar refractivity (Wildman–Crippen MR) is 76.5 cm³/mol. The highest BCUT2D eigenvalue weighted by molar-refractivity contribution is 9.10. The molecule has 1 saturated heterocycles. The predicted octanol–water partition coefficient (Wildman–Crippen LogP) is 3.79. The van der Waals surface area contributed by atoms with Crippen LogP contribution >= 0.6 is 15.9 Å². The molecule has 1 N–H and O–H groups in total. The van der Waals surface area contributed by atoms with Crippen molar-refractivity contribution in [1.29, 1.82) is 0 Å². The van der Waals surface area contributed by atoms with E-state index in [4.69, 9.17) is 0 Å². The van der Waals surface area contributed by atoms with E-state index in [1.165, 1.54) is 18.2 Å². The Morgan fingerprint density at radius 1 is 1.41 bits per heavy atom. The highest BCUT2D eigenvalue weighted by Gasteiger charge is 2.32. The molecule has 0 aliphatic carbocycles. The summed E-state index contributed by atoms with van der Waals surface area (Å²) in [7, 11) is 0. The van der Waals surface area contributed by atoms with Gasteiger partial charge in [-0.2, -0.15) is 0 Å². The van der Waals surface area contributed by atoms with Crippen LogP contribution in [0.1, 0.15) is 24.8 Å². The van der Waals surface area contributed by atoms with Crippen molar-refractivity contribution in [2.75, 3.05) is 6.54 Å². The smallest absolute Gasteiger partial charge is 0.480 e. The van der Waals surface area contributed by atoms with Gasteiger partial charge in [-0.05, 0) is 53.0 Å². The van der Waals surface area contributed by atoms with Crippen molar-refractivity contribution in [3.05, 3.63) is 28.2 Å². The van der Waals surface area contributed by atoms with Gasteiger partial charge in [-0.3, -0.25) is 9.69 Å². The molecular formula is C14H15BrF3NO3. The molecule has 1 heterocycles. The molecule has 0 radical (unpaired) electrons. The highest BCUT2D eigenvalue weighted by atomic mass is 79.9. The van der Waals surface area contributed by atoms with E-state index in [9.17, 15) is 23.1 Å². The van der Waals surface area contributed by atoms with Crippen molar-refractivity contribution in [1.82, 2.24) is 4.90 Å². The van der Waals surface area contributed by atoms with Crippen molar-refractivity contribution >= 4 is 21.9 Å². The number of hydrogen-bond donors (Lipinski definition) is 1. The molecule has 1 atom stereocenters. The number of carboxylic acids is 1. The zero-order valence-corrected chi connectivity index (χ0v) is 13.2. The standard InChI is InChI=1S/C14H15BrF3NO3/c15-10-7-9(4-5-12(10)22-14(16,17)18)8-19-6-2-1-3-11(19)13(20)21/h4-5,7,11H,1-3,6,8H2,(H,20,21). The molecular weight excluding hydrogens is 367 g/mol. The average Bonchev–Trinajstić information content (AvgIpc) is 2.41. The Morgan fingerprint density at radius 3 is 2.73 bits per heavy atom. The number of hydrogen-bond acceptors (Lipinski definition) is 3. The van der Waals surface area contributed by atoms with Crippen LogP contribution in [-0.4, -0.2) is 34.9 Å². The molecule has 1 aromatic rings. The number of likely N-dealkylation sites (tertiary alicyclic amines) is 1. The molecule has 22 heavy (non-hydrogen) atoms. The average molecular weight is 382 g/mol. The summed E-state index contributed by atoms with van der Waals surface area (Å²) in [5, 5.41) is 9.22. The van der Waals surface area contributed by atoms with Crippen LogP contribution in [0.5, 0.6) is 5.75 Å². The molecule has 0 aromatic heterocycles. The number of ether oxygens (including phenoxy) is 1. The van der Waals surface area contributed by atoms with E-state index in [2.05, 4.69) is 20.7 Å². The minimum Gasteiger partial charge on any atom is -0.480 e. The number of nitrogens with zero attached hydrogens (tertiary/aromatic N) is 1. The minimum atomic E-state index is -4.74. The normalized spacial score (nSPS) is 19.9. The first-order valence-electron chi connectivity index (χ1n) is 6.77. The van der Waals surface area contributed by atoms with Gasteiger partial charge >= 0.3 is 12.3 Å². The van der Waals surface area contributed by atoms with E-state index in [0.29, 0.717) is 19.5 Å². The number of halogens is 4. The summed E-state index contributed by atoms with van der Waals surface area (Å²) in [6, 6.07) is 3.72. The molecule has 0 amide bonds. The third-order valence-corrected chi connectivity index (χ3v) is 4.13. The molecule has 1 aliphatic rings. The van der Waals surface area contributed by atoms with Crippen LogP contribution in [-0.2, 0) is 11.3 Å². The van der Waals surface area contributed by atoms with Gasteiger partial charge in [0.15, 0.2) is 0 Å². The molecule has 1 aliphatic heterocycles. The number of piperidine rings is 1. The maximum atomic E-state index is 12.2. The molecule has 122 valence electrons. The van der Waals surface area contributed by atoms with Gasteiger partial charge in [0.1, 0.15) is 11.8 Å². The Morgan fingerprint density at radius 2 is 2.14 bits per heavy atom. The van der Waals surface area contributed by atoms with Crippen LogP contribution in [0.4, 0.5) is 13.2 Å². The number of benzene rings is 1. The number of aliphatic carboxylic acids is 1. The molecule has 0 bridgehead atoms. The molecule has 0 spiro atoms. The van der Waals surface area contributed by atoms with E-state index in [0.717, 1.165) is 18.4 Å². The zero-order valence-electron chi connectivity index (χ0n) is 11.6. The Hall–Kier alpha value is -1.28. The van der Waals surface area contributed by atoms with Crippen LogP contribution in [0.25, 0.3) is 0 Å². The maximum Gasteiger partial charge on any atom is 0.573 e. The second kappa shape index (κ2) is 6.87. The Balaban J connectivity index is 2.09. The summed E-state index contributed by atoms with van der Waals surface area (Å²) in [6.45, 7) is 1.04. The van der Waals surface area contributed by atoms with Gasteiger partial charge in [-0.25, -0.2) is 0 Å². The fourth-order valence-corrected chi connectivity index (χ4v) is 3.05. The molecule has 2 rings (SSSR count). The van der Waals surface area contributed by atoms with E-state index in [1.54, 1.807) is 0 Å². The molecule has 1 unspecified atom stereocenters. The summed E-state index contributed by atoms with van der Waals surface area (Å²) in [4.78, 5) is 13.1. The van der Waals surface area contributed by atoms with Gasteiger partial charge in [0.2, 0.25) is 0 Å². The lowest BCUT2D eigenvalue weighted by Crippen LogP contribution is -2.43. The van der Waals surface area contributed by atoms with E-state index >= 15 is 0 Å². The number of rotatable bonds is 4. The largest absolute Gasteiger partial charge is 0.573 e. The lowest BCUT2D eigenvalue weighted by molar-refractivity contribution is -0.274. The molecule has 1 aromatic carbocycles. The van der Waals surface area contributed by atoms with E-state index in [-0.39, 0.29) is 10.2 Å². The van der Waals surface area contributed by atoms with Crippen molar-refractivity contribution in [3.63, 3.8) is 0 Å². The Labute approximate surface area is 134 Å². The van der Waals surface area contributed by atoms with Crippen LogP contribution in [0.15, 0.2) is 22.7 Å². The SMILES string of the molecule is O=C(O)C1CCCCN1Cc1ccc(OC(F)(F)F)c(Br)c1. The van der Waals surface area contributed by atoms with Gasteiger partial charge in [-0.1, -0.05) is 12.5 Å². The number of carbonyl (C=O) groups is 1. The van der Waals surface area contributed by atoms with Crippen LogP contribution < -0.4 is 4.74 Å². The minimum absolute atomic E-state index is 0.186. The van der Waals surface area contributed by atoms with E-state index < -0.39 is 18.4 Å². The van der Waals surface area contributed by atoms with Gasteiger partial charge in [0, 0.05) is 6.54 Å². The zero-order chi connectivity index (χ0) is 16.3. The number of alkyl halides is 3. The topological polar surface area (TPSA) is 49.8 Å². The summed E-state index contributed by atoms with van der Waals surface area (Å²) in [5.41, 5.74) is 0.731. The highest BCUT2D eigenvalue weighted by Crippen LogP contribution is 2.32. The third-order valence-electron chi connectivity index (χ3n) is 3.51. The summed E-state index contributed by atoms with van der Waals surface area (Å²) in [5.74, 6) is -1.18. The van der Waals surface area contributed by atoms with Gasteiger partial charge in [0.25, 0.3) is 0 Å². The second-order valence-electron chi connectivity index (χ2n) is 5.13. The molecule has 4 nitrogen and oxygen atoms in total. The van der Waals surface area contributed by atoms with Crippen molar-refractivity contribution < 1.29 is 27.8 Å². The van der Waals surface area contributed by atoms with Gasteiger partial charge in [0.05, 0.1) is 4.47 Å². The lowest BCUT2D eigenvalue weighted by atomic mass is 10.0. The number of carboxylic acid groups (broad SMARTS) is 1. The molecule has 1 fully saturated rings. The first-order valence-corrected chi connectivity index (χ1v) is 7.56. The summed E-state index contributed by atoms with van der Waals surface area (Å²) < 4.78 is 40.7. The van der Waals surface area contributed by atoms with Gasteiger partial charge < -0.3 is 9.84 Å². The van der Waals surface area contributed by atoms with Crippen molar-refractivity contribution in [2.24, 2.45) is 0 Å². The van der Waals surface area contributed by atoms with Crippen molar-refractivity contribution in [2.45, 2.75) is 38.2 Å². The molecule has 0 saturated carbocycles. The first kappa shape index (κ1) is 17.1. The quantitative estimate of drug-likeness (QED) is 0.861. The second-order valence-corrected chi connectivity index (χ2v) is 5.99. The fourth-order valence-electron chi connectivity index (χ4n) is 2.54. The van der Waals surface area contributed by atoms with Crippen LogP contribution in [0, 0.1) is 0 Å². The first-order chi connectivity index (χ1) is 10.3. The third kappa shape index (κ3) is 4.61. The Kier molecular flexibility index (Phi) is 5.33. The fraction of sp³-hybridized carbons (Fsp3) is 0.500. The Bertz CT molecular complexity index is 551.